The largest absolute Gasteiger partial charge is 0.495 e. The summed E-state index contributed by atoms with van der Waals surface area (Å²) in [6, 6.07) is 2.00. The molecule has 0 aromatic heterocycles. The topological polar surface area (TPSA) is 127 Å². The summed E-state index contributed by atoms with van der Waals surface area (Å²) in [7, 11) is -6.70. The van der Waals surface area contributed by atoms with Gasteiger partial charge in [-0.3, -0.25) is 4.79 Å². The first-order chi connectivity index (χ1) is 10.4. The fourth-order valence-corrected chi connectivity index (χ4v) is 4.05. The molecule has 0 fully saturated rings. The van der Waals surface area contributed by atoms with Gasteiger partial charge in [0.25, 0.3) is 0 Å². The molecule has 0 bridgehead atoms. The van der Waals surface area contributed by atoms with Crippen LogP contribution in [0.2, 0.25) is 0 Å². The molecule has 0 saturated carbocycles. The van der Waals surface area contributed by atoms with Gasteiger partial charge in [0.05, 0.1) is 12.0 Å². The smallest absolute Gasteiger partial charge is 0.322 e. The van der Waals surface area contributed by atoms with Crippen LogP contribution in [0.4, 0.5) is 0 Å². The third-order valence-electron chi connectivity index (χ3n) is 3.07. The van der Waals surface area contributed by atoms with Crippen LogP contribution >= 0.6 is 0 Å². The van der Waals surface area contributed by atoms with Gasteiger partial charge in [-0.2, -0.15) is 4.72 Å². The maximum Gasteiger partial charge on any atom is 0.322 e. The number of hydrogen-bond acceptors (Lipinski definition) is 6. The van der Waals surface area contributed by atoms with Gasteiger partial charge in [-0.15, -0.1) is 0 Å². The van der Waals surface area contributed by atoms with Gasteiger partial charge in [0.1, 0.15) is 16.7 Å². The second kappa shape index (κ2) is 6.85. The quantitative estimate of drug-likeness (QED) is 0.719. The first-order valence-electron chi connectivity index (χ1n) is 6.53. The van der Waals surface area contributed by atoms with E-state index in [0.29, 0.717) is 0 Å². The Bertz CT molecular complexity index is 798. The lowest BCUT2D eigenvalue weighted by atomic mass is 10.1. The van der Waals surface area contributed by atoms with Gasteiger partial charge in [0, 0.05) is 6.26 Å². The standard InChI is InChI=1S/C13H19NO7S2/c1-8(2)12(13(15)16)14-23(19,20)11-7-9(22(4,17)18)5-6-10(11)21-3/h5-8,12,14H,1-4H3,(H,15,16)/t12-/m0/s1. The maximum absolute atomic E-state index is 12.5. The van der Waals surface area contributed by atoms with Crippen LogP contribution in [0.15, 0.2) is 28.0 Å². The molecule has 0 aliphatic carbocycles. The summed E-state index contributed by atoms with van der Waals surface area (Å²) in [6.07, 6.45) is 0.937. The molecule has 0 unspecified atom stereocenters. The first-order valence-corrected chi connectivity index (χ1v) is 9.91. The third kappa shape index (κ3) is 4.66. The van der Waals surface area contributed by atoms with Crippen LogP contribution in [0, 0.1) is 5.92 Å². The zero-order chi connectivity index (χ0) is 18.0. The minimum atomic E-state index is -4.30. The second-order valence-electron chi connectivity index (χ2n) is 5.27. The molecule has 1 aromatic rings. The van der Waals surface area contributed by atoms with Crippen LogP contribution in [0.25, 0.3) is 0 Å². The van der Waals surface area contributed by atoms with E-state index in [0.717, 1.165) is 12.3 Å². The Kier molecular flexibility index (Phi) is 5.78. The molecule has 0 amide bonds. The van der Waals surface area contributed by atoms with Crippen LogP contribution in [0.5, 0.6) is 5.75 Å². The van der Waals surface area contributed by atoms with Crippen molar-refractivity contribution in [3.8, 4) is 5.75 Å². The average Bonchev–Trinajstić information content (AvgIpc) is 2.42. The summed E-state index contributed by atoms with van der Waals surface area (Å²) in [6.45, 7) is 3.09. The monoisotopic (exact) mass is 365 g/mol. The number of ether oxygens (including phenoxy) is 1. The Balaban J connectivity index is 3.45. The van der Waals surface area contributed by atoms with Gasteiger partial charge in [-0.25, -0.2) is 16.8 Å². The number of sulfone groups is 1. The summed E-state index contributed by atoms with van der Waals surface area (Å²) >= 11 is 0. The fourth-order valence-electron chi connectivity index (χ4n) is 1.80. The highest BCUT2D eigenvalue weighted by Crippen LogP contribution is 2.27. The lowest BCUT2D eigenvalue weighted by Crippen LogP contribution is -2.44. The number of methoxy groups -OCH3 is 1. The van der Waals surface area contributed by atoms with Crippen molar-refractivity contribution in [2.75, 3.05) is 13.4 Å². The summed E-state index contributed by atoms with van der Waals surface area (Å²) in [4.78, 5) is 10.5. The van der Waals surface area contributed by atoms with Gasteiger partial charge in [0.2, 0.25) is 10.0 Å². The summed E-state index contributed by atoms with van der Waals surface area (Å²) in [5, 5.41) is 9.11. The molecule has 8 nitrogen and oxygen atoms in total. The van der Waals surface area contributed by atoms with E-state index in [1.54, 1.807) is 13.8 Å². The van der Waals surface area contributed by atoms with Crippen molar-refractivity contribution in [3.05, 3.63) is 18.2 Å². The molecule has 0 heterocycles. The zero-order valence-electron chi connectivity index (χ0n) is 13.1. The molecule has 1 atom stereocenters. The van der Waals surface area contributed by atoms with E-state index in [1.807, 2.05) is 0 Å². The molecular weight excluding hydrogens is 346 g/mol. The summed E-state index contributed by atoms with van der Waals surface area (Å²) < 4.78 is 55.1. The van der Waals surface area contributed by atoms with Gasteiger partial charge < -0.3 is 9.84 Å². The summed E-state index contributed by atoms with van der Waals surface area (Å²) in [5.41, 5.74) is 0. The van der Waals surface area contributed by atoms with E-state index in [9.17, 15) is 21.6 Å². The molecule has 0 aliphatic rings. The zero-order valence-corrected chi connectivity index (χ0v) is 14.7. The Hall–Kier alpha value is -1.65. The number of rotatable bonds is 7. The van der Waals surface area contributed by atoms with E-state index >= 15 is 0 Å². The van der Waals surface area contributed by atoms with E-state index in [-0.39, 0.29) is 10.6 Å². The number of carboxylic acids is 1. The van der Waals surface area contributed by atoms with Crippen molar-refractivity contribution in [1.82, 2.24) is 4.72 Å². The number of carbonyl (C=O) groups is 1. The van der Waals surface area contributed by atoms with Crippen molar-refractivity contribution in [2.45, 2.75) is 29.7 Å². The number of benzene rings is 1. The molecule has 23 heavy (non-hydrogen) atoms. The normalized spacial score (nSPS) is 13.8. The van der Waals surface area contributed by atoms with Crippen molar-refractivity contribution >= 4 is 25.8 Å². The molecule has 10 heteroatoms. The van der Waals surface area contributed by atoms with E-state index in [2.05, 4.69) is 4.72 Å². The lowest BCUT2D eigenvalue weighted by Gasteiger charge is -2.19. The molecule has 0 saturated heterocycles. The minimum absolute atomic E-state index is 0.0854. The minimum Gasteiger partial charge on any atom is -0.495 e. The number of aliphatic carboxylic acids is 1. The third-order valence-corrected chi connectivity index (χ3v) is 5.64. The lowest BCUT2D eigenvalue weighted by molar-refractivity contribution is -0.140. The van der Waals surface area contributed by atoms with Crippen LogP contribution < -0.4 is 9.46 Å². The number of carboxylic acid groups (broad SMARTS) is 1. The highest BCUT2D eigenvalue weighted by Gasteiger charge is 2.30. The van der Waals surface area contributed by atoms with Crippen molar-refractivity contribution in [3.63, 3.8) is 0 Å². The van der Waals surface area contributed by atoms with Gasteiger partial charge in [0.15, 0.2) is 9.84 Å². The predicted molar refractivity (Wildman–Crippen MR) is 82.7 cm³/mol. The van der Waals surface area contributed by atoms with Gasteiger partial charge in [-0.05, 0) is 24.1 Å². The Labute approximate surface area is 135 Å². The van der Waals surface area contributed by atoms with Gasteiger partial charge >= 0.3 is 5.97 Å². The second-order valence-corrected chi connectivity index (χ2v) is 8.96. The Morgan fingerprint density at radius 3 is 2.17 bits per heavy atom. The van der Waals surface area contributed by atoms with E-state index < -0.39 is 42.7 Å². The van der Waals surface area contributed by atoms with Crippen LogP contribution in [-0.2, 0) is 24.7 Å². The van der Waals surface area contributed by atoms with Crippen LogP contribution in [0.3, 0.4) is 0 Å². The van der Waals surface area contributed by atoms with Crippen molar-refractivity contribution in [2.24, 2.45) is 5.92 Å². The Morgan fingerprint density at radius 1 is 1.22 bits per heavy atom. The predicted octanol–water partition coefficient (Wildman–Crippen LogP) is 0.486. The first kappa shape index (κ1) is 19.4. The number of nitrogens with one attached hydrogen (secondary N) is 1. The molecule has 0 spiro atoms. The fraction of sp³-hybridized carbons (Fsp3) is 0.462. The number of sulfonamides is 1. The van der Waals surface area contributed by atoms with Crippen molar-refractivity contribution < 1.29 is 31.5 Å². The molecule has 2 N–H and O–H groups in total. The maximum atomic E-state index is 12.5. The van der Waals surface area contributed by atoms with E-state index in [4.69, 9.17) is 9.84 Å². The van der Waals surface area contributed by atoms with Crippen LogP contribution in [-0.4, -0.2) is 47.3 Å². The Morgan fingerprint density at radius 2 is 1.78 bits per heavy atom. The average molecular weight is 365 g/mol. The van der Waals surface area contributed by atoms with Crippen molar-refractivity contribution in [1.29, 1.82) is 0 Å². The summed E-state index contributed by atoms with van der Waals surface area (Å²) in [5.74, 6) is -1.93. The molecule has 1 aromatic carbocycles. The molecule has 1 rings (SSSR count). The van der Waals surface area contributed by atoms with E-state index in [1.165, 1.54) is 19.2 Å². The molecule has 0 radical (unpaired) electrons. The molecule has 130 valence electrons. The number of hydrogen-bond donors (Lipinski definition) is 2. The highest BCUT2D eigenvalue weighted by atomic mass is 32.2. The SMILES string of the molecule is COc1ccc(S(C)(=O)=O)cc1S(=O)(=O)N[C@H](C(=O)O)C(C)C. The highest BCUT2D eigenvalue weighted by molar-refractivity contribution is 7.91. The van der Waals surface area contributed by atoms with Gasteiger partial charge in [-0.1, -0.05) is 13.8 Å². The molecular formula is C13H19NO7S2. The molecule has 0 aliphatic heterocycles. The van der Waals surface area contributed by atoms with Crippen LogP contribution in [0.1, 0.15) is 13.8 Å².